The number of likely N-dealkylation sites (N-methyl/N-ethyl adjacent to an activating group) is 1. The quantitative estimate of drug-likeness (QED) is 0.215. The van der Waals surface area contributed by atoms with Crippen LogP contribution in [0.5, 0.6) is 0 Å². The van der Waals surface area contributed by atoms with Gasteiger partial charge in [0.25, 0.3) is 0 Å². The van der Waals surface area contributed by atoms with Crippen LogP contribution < -0.4 is 5.32 Å². The van der Waals surface area contributed by atoms with Gasteiger partial charge < -0.3 is 0 Å². The van der Waals surface area contributed by atoms with Gasteiger partial charge in [-0.1, -0.05) is 0 Å². The van der Waals surface area contributed by atoms with Gasteiger partial charge in [0.2, 0.25) is 0 Å². The molecule has 2 amide bonds. The molecule has 142 valence electrons. The van der Waals surface area contributed by atoms with Crippen molar-refractivity contribution >= 4 is 71.5 Å². The first-order chi connectivity index (χ1) is 14.0. The Balaban J connectivity index is 1.64. The minimum absolute atomic E-state index is 0.0470. The average molecular weight is 464 g/mol. The number of fused-ring (bicyclic) bond motifs is 3. The van der Waals surface area contributed by atoms with Gasteiger partial charge in [0, 0.05) is 0 Å². The zero-order valence-corrected chi connectivity index (χ0v) is 17.9. The fourth-order valence-corrected chi connectivity index (χ4v) is 5.82. The normalized spacial score (nSPS) is 16.2. The van der Waals surface area contributed by atoms with E-state index in [4.69, 9.17) is 12.2 Å². The van der Waals surface area contributed by atoms with Crippen LogP contribution in [-0.2, 0) is 9.59 Å². The molecular weight excluding hydrogens is 449 g/mol. The number of amides is 2. The van der Waals surface area contributed by atoms with Crippen molar-refractivity contribution in [1.29, 1.82) is 0 Å². The number of benzene rings is 2. The van der Waals surface area contributed by atoms with Crippen LogP contribution in [0.15, 0.2) is 66.2 Å². The summed E-state index contributed by atoms with van der Waals surface area (Å²) >= 11 is 4.96. The fourth-order valence-electron chi connectivity index (χ4n) is 3.59. The molecule has 7 heteroatoms. The molecule has 0 spiro atoms. The van der Waals surface area contributed by atoms with Crippen molar-refractivity contribution in [3.8, 4) is 4.56 Å². The Morgan fingerprint density at radius 1 is 0.931 bits per heavy atom. The molecular formula is C22H15N3O2SSe. The third-order valence-corrected chi connectivity index (χ3v) is 7.51. The molecule has 1 saturated heterocycles. The summed E-state index contributed by atoms with van der Waals surface area (Å²) in [5.41, 5.74) is 2.42. The number of carbonyl (C=O) groups excluding carboxylic acids is 2. The van der Waals surface area contributed by atoms with E-state index < -0.39 is 5.91 Å². The summed E-state index contributed by atoms with van der Waals surface area (Å²) in [5.74, 6) is -0.819. The van der Waals surface area contributed by atoms with E-state index in [0.29, 0.717) is 0 Å². The number of rotatable bonds is 2. The number of para-hydroxylation sites is 2. The Morgan fingerprint density at radius 3 is 2.21 bits per heavy atom. The van der Waals surface area contributed by atoms with Crippen molar-refractivity contribution in [1.82, 2.24) is 14.8 Å². The van der Waals surface area contributed by atoms with Crippen LogP contribution in [0.3, 0.4) is 0 Å². The summed E-state index contributed by atoms with van der Waals surface area (Å²) in [6, 6.07) is 20.8. The Kier molecular flexibility index (Phi) is 4.24. The van der Waals surface area contributed by atoms with E-state index in [1.165, 1.54) is 15.7 Å². The van der Waals surface area contributed by atoms with Crippen molar-refractivity contribution in [2.75, 3.05) is 7.05 Å². The van der Waals surface area contributed by atoms with Crippen LogP contribution in [0.25, 0.3) is 32.4 Å². The first kappa shape index (κ1) is 18.1. The van der Waals surface area contributed by atoms with E-state index in [1.807, 2.05) is 18.2 Å². The first-order valence-electron chi connectivity index (χ1n) is 8.98. The molecule has 2 aromatic heterocycles. The molecule has 0 saturated carbocycles. The molecule has 0 unspecified atom stereocenters. The molecule has 0 radical (unpaired) electrons. The van der Waals surface area contributed by atoms with Gasteiger partial charge in [-0.05, 0) is 0 Å². The summed E-state index contributed by atoms with van der Waals surface area (Å²) in [5, 5.41) is 5.11. The average Bonchev–Trinajstić information content (AvgIpc) is 3.31. The van der Waals surface area contributed by atoms with Crippen LogP contribution in [0, 0.1) is 0 Å². The van der Waals surface area contributed by atoms with Crippen LogP contribution in [0.4, 0.5) is 0 Å². The number of thiocarbonyl (C=S) groups is 1. The van der Waals surface area contributed by atoms with Gasteiger partial charge >= 0.3 is 178 Å². The van der Waals surface area contributed by atoms with E-state index >= 15 is 0 Å². The second kappa shape index (κ2) is 6.81. The molecule has 5 rings (SSSR count). The number of nitrogens with one attached hydrogen (secondary N) is 1. The van der Waals surface area contributed by atoms with E-state index in [1.54, 1.807) is 13.1 Å². The predicted molar refractivity (Wildman–Crippen MR) is 119 cm³/mol. The third-order valence-electron chi connectivity index (χ3n) is 5.00. The number of carbonyl (C=O) groups is 2. The third kappa shape index (κ3) is 2.86. The summed E-state index contributed by atoms with van der Waals surface area (Å²) in [6.07, 6.45) is 1.69. The van der Waals surface area contributed by atoms with Gasteiger partial charge in [-0.3, -0.25) is 0 Å². The minimum atomic E-state index is -0.444. The van der Waals surface area contributed by atoms with Crippen molar-refractivity contribution in [2.45, 2.75) is 0 Å². The summed E-state index contributed by atoms with van der Waals surface area (Å²) in [7, 11) is 1.56. The van der Waals surface area contributed by atoms with Gasteiger partial charge in [-0.2, -0.15) is 0 Å². The fraction of sp³-hybridized carbons (Fsp3) is 0.0455. The molecule has 1 fully saturated rings. The maximum atomic E-state index is 12.5. The molecule has 0 bridgehead atoms. The second-order valence-electron chi connectivity index (χ2n) is 6.73. The van der Waals surface area contributed by atoms with Crippen molar-refractivity contribution < 1.29 is 9.59 Å². The zero-order valence-electron chi connectivity index (χ0n) is 15.4. The Hall–Kier alpha value is -2.99. The summed E-state index contributed by atoms with van der Waals surface area (Å²) < 4.78 is 4.40. The maximum absolute atomic E-state index is 12.5. The Bertz CT molecular complexity index is 1310. The molecule has 0 atom stereocenters. The Labute approximate surface area is 178 Å². The van der Waals surface area contributed by atoms with E-state index in [2.05, 4.69) is 52.3 Å². The topological polar surface area (TPSA) is 54.3 Å². The van der Waals surface area contributed by atoms with Gasteiger partial charge in [0.05, 0.1) is 0 Å². The van der Waals surface area contributed by atoms with Crippen molar-refractivity contribution in [3.63, 3.8) is 0 Å². The van der Waals surface area contributed by atoms with Crippen LogP contribution in [0.2, 0.25) is 0 Å². The number of nitrogens with zero attached hydrogens (tertiary/aromatic N) is 2. The van der Waals surface area contributed by atoms with Gasteiger partial charge in [0.15, 0.2) is 0 Å². The van der Waals surface area contributed by atoms with Gasteiger partial charge in [-0.25, -0.2) is 0 Å². The molecule has 3 heterocycles. The zero-order chi connectivity index (χ0) is 20.1. The summed E-state index contributed by atoms with van der Waals surface area (Å²) in [4.78, 5) is 26.0. The first-order valence-corrected chi connectivity index (χ1v) is 11.1. The monoisotopic (exact) mass is 465 g/mol. The second-order valence-corrected chi connectivity index (χ2v) is 9.41. The van der Waals surface area contributed by atoms with Crippen molar-refractivity contribution in [2.24, 2.45) is 0 Å². The van der Waals surface area contributed by atoms with Gasteiger partial charge in [-0.15, -0.1) is 0 Å². The van der Waals surface area contributed by atoms with Crippen LogP contribution in [-0.4, -0.2) is 47.9 Å². The van der Waals surface area contributed by atoms with Gasteiger partial charge in [0.1, 0.15) is 0 Å². The number of aromatic nitrogens is 1. The molecule has 5 nitrogen and oxygen atoms in total. The Morgan fingerprint density at radius 2 is 1.55 bits per heavy atom. The van der Waals surface area contributed by atoms with E-state index in [0.717, 1.165) is 20.0 Å². The summed E-state index contributed by atoms with van der Waals surface area (Å²) in [6.45, 7) is 0. The van der Waals surface area contributed by atoms with E-state index in [-0.39, 0.29) is 31.1 Å². The molecule has 1 aliphatic rings. The van der Waals surface area contributed by atoms with E-state index in [9.17, 15) is 9.59 Å². The number of hydrogen-bond donors (Lipinski definition) is 1. The molecule has 1 aliphatic heterocycles. The number of hydrogen-bond acceptors (Lipinski definition) is 3. The molecule has 2 aromatic carbocycles. The predicted octanol–water partition coefficient (Wildman–Crippen LogP) is 3.10. The van der Waals surface area contributed by atoms with Crippen LogP contribution >= 0.6 is 12.2 Å². The van der Waals surface area contributed by atoms with Crippen molar-refractivity contribution in [3.05, 3.63) is 70.7 Å². The molecule has 29 heavy (non-hydrogen) atoms. The van der Waals surface area contributed by atoms with Crippen LogP contribution in [0.1, 0.15) is 4.44 Å². The standard InChI is InChI=1S/C22H15N3O2SSe/c1-24-21(27)16(20(26)23-22(24)28)12-13-10-11-19(29-13)25-17-8-4-2-6-14(17)15-7-3-5-9-18(15)25/h2-12H,1H3,(H,23,26,28)/b16-12+. The molecule has 1 N–H and O–H groups in total. The SMILES string of the molecule is CN1C(=O)/C(=C/c2ccc(-n3c4ccccc4c4ccccc43)[se]2)C(=O)NC1=S. The molecule has 4 aromatic rings. The molecule has 0 aliphatic carbocycles.